The molecular formula is C35H49N3O8SSi2. The molecule has 0 amide bonds. The Morgan fingerprint density at radius 1 is 0.918 bits per heavy atom. The lowest BCUT2D eigenvalue weighted by Gasteiger charge is -2.45. The number of nitrogens with zero attached hydrogens (tertiary/aromatic N) is 2. The second kappa shape index (κ2) is 12.6. The molecule has 1 aromatic heterocycles. The first-order valence-electron chi connectivity index (χ1n) is 16.4. The summed E-state index contributed by atoms with van der Waals surface area (Å²) in [5, 5.41) is 2.18. The Balaban J connectivity index is 1.74. The van der Waals surface area contributed by atoms with E-state index in [9.17, 15) is 18.0 Å². The Morgan fingerprint density at radius 3 is 1.90 bits per heavy atom. The van der Waals surface area contributed by atoms with Crippen LogP contribution in [0, 0.1) is 6.92 Å². The summed E-state index contributed by atoms with van der Waals surface area (Å²) in [7, 11) is -8.82. The van der Waals surface area contributed by atoms with Crippen LogP contribution >= 0.6 is 0 Å². The molecule has 0 radical (unpaired) electrons. The molecule has 49 heavy (non-hydrogen) atoms. The summed E-state index contributed by atoms with van der Waals surface area (Å²) in [6.07, 6.45) is -2.16. The number of hydrogen-bond acceptors (Lipinski definition) is 9. The highest BCUT2D eigenvalue weighted by Crippen LogP contribution is 2.52. The van der Waals surface area contributed by atoms with Crippen molar-refractivity contribution in [3.63, 3.8) is 0 Å². The normalized spacial score (nSPS) is 24.4. The molecule has 2 aromatic carbocycles. The molecule has 4 atom stereocenters. The SMILES string of the molecule is Cc1cn([C@@H]2O[C@H](CO[Si](c3ccccc3)(c3ccccc3)C(C)(C)C)C3(OS(=O)(=O)C=C3N)[C@H]2O[Si](C)(C)C(C)(C)C)c(=O)n(C)c1=O. The van der Waals surface area contributed by atoms with Crippen molar-refractivity contribution in [1.29, 1.82) is 0 Å². The Bertz CT molecular complexity index is 1930. The van der Waals surface area contributed by atoms with E-state index >= 15 is 0 Å². The number of nitrogens with two attached hydrogens (primary N) is 1. The Hall–Kier alpha value is -3.12. The van der Waals surface area contributed by atoms with Gasteiger partial charge in [-0.25, -0.2) is 8.98 Å². The van der Waals surface area contributed by atoms with Gasteiger partial charge in [0.2, 0.25) is 0 Å². The van der Waals surface area contributed by atoms with Gasteiger partial charge in [0.05, 0.1) is 17.7 Å². The predicted octanol–water partition coefficient (Wildman–Crippen LogP) is 3.62. The monoisotopic (exact) mass is 727 g/mol. The van der Waals surface area contributed by atoms with Crippen molar-refractivity contribution in [2.24, 2.45) is 12.8 Å². The van der Waals surface area contributed by atoms with Crippen LogP contribution in [0.25, 0.3) is 0 Å². The van der Waals surface area contributed by atoms with E-state index in [-0.39, 0.29) is 17.3 Å². The first-order chi connectivity index (χ1) is 22.6. The maximum Gasteiger partial charge on any atom is 0.332 e. The highest BCUT2D eigenvalue weighted by Gasteiger charge is 2.67. The largest absolute Gasteiger partial charge is 0.406 e. The van der Waals surface area contributed by atoms with Gasteiger partial charge in [-0.05, 0) is 40.5 Å². The van der Waals surface area contributed by atoms with Gasteiger partial charge in [0.1, 0.15) is 12.2 Å². The zero-order valence-corrected chi connectivity index (χ0v) is 32.8. The van der Waals surface area contributed by atoms with Crippen molar-refractivity contribution in [1.82, 2.24) is 9.13 Å². The molecule has 14 heteroatoms. The number of rotatable bonds is 8. The summed E-state index contributed by atoms with van der Waals surface area (Å²) >= 11 is 0. The molecular weight excluding hydrogens is 679 g/mol. The molecule has 1 fully saturated rings. The standard InChI is InChI=1S/C35H49N3O8SSi2/c1-24-21-38(32(40)37(8)30(24)39)31-29(45-48(9,10)33(2,3)4)35(27(36)23-47(41,42)46-35)28(44-31)22-43-49(34(5,6)7,25-17-13-11-14-18-25)26-19-15-12-16-20-26/h11-21,23,28-29,31H,22,36H2,1-10H3/t28-,29+,31-,35?/m1/s1. The summed E-state index contributed by atoms with van der Waals surface area (Å²) in [4.78, 5) is 26.5. The van der Waals surface area contributed by atoms with E-state index in [1.54, 1.807) is 6.92 Å². The highest BCUT2D eigenvalue weighted by atomic mass is 32.2. The van der Waals surface area contributed by atoms with E-state index < -0.39 is 67.1 Å². The minimum absolute atomic E-state index is 0.107. The van der Waals surface area contributed by atoms with Gasteiger partial charge in [-0.3, -0.25) is 13.9 Å². The summed E-state index contributed by atoms with van der Waals surface area (Å²) in [6.45, 7) is 18.0. The number of aryl methyl sites for hydroxylation is 1. The molecule has 2 aliphatic heterocycles. The van der Waals surface area contributed by atoms with Gasteiger partial charge in [0.15, 0.2) is 20.1 Å². The average molecular weight is 728 g/mol. The number of hydrogen-bond donors (Lipinski definition) is 1. The van der Waals surface area contributed by atoms with E-state index in [2.05, 4.69) is 45.0 Å². The molecule has 0 bridgehead atoms. The van der Waals surface area contributed by atoms with Gasteiger partial charge in [-0.15, -0.1) is 0 Å². The molecule has 5 rings (SSSR count). The van der Waals surface area contributed by atoms with Crippen LogP contribution in [-0.2, 0) is 34.9 Å². The second-order valence-corrected chi connectivity index (χ2v) is 26.0. The van der Waals surface area contributed by atoms with Crippen molar-refractivity contribution >= 4 is 37.1 Å². The molecule has 0 saturated carbocycles. The molecule has 1 spiro atoms. The van der Waals surface area contributed by atoms with E-state index in [1.165, 1.54) is 17.8 Å². The molecule has 2 aliphatic rings. The molecule has 1 unspecified atom stereocenters. The lowest BCUT2D eigenvalue weighted by Crippen LogP contribution is -2.68. The Labute approximate surface area is 291 Å². The van der Waals surface area contributed by atoms with Crippen LogP contribution in [0.5, 0.6) is 0 Å². The van der Waals surface area contributed by atoms with E-state index in [1.807, 2.05) is 70.3 Å². The van der Waals surface area contributed by atoms with Gasteiger partial charge in [-0.1, -0.05) is 102 Å². The van der Waals surface area contributed by atoms with E-state index in [0.29, 0.717) is 5.56 Å². The maximum atomic E-state index is 13.7. The molecule has 11 nitrogen and oxygen atoms in total. The van der Waals surface area contributed by atoms with Crippen LogP contribution in [0.4, 0.5) is 0 Å². The summed E-state index contributed by atoms with van der Waals surface area (Å²) in [6, 6.07) is 20.0. The molecule has 2 N–H and O–H groups in total. The third kappa shape index (κ3) is 6.25. The quantitative estimate of drug-likeness (QED) is 0.272. The second-order valence-electron chi connectivity index (χ2n) is 15.6. The van der Waals surface area contributed by atoms with Gasteiger partial charge < -0.3 is 19.3 Å². The number of benzene rings is 2. The van der Waals surface area contributed by atoms with Crippen molar-refractivity contribution < 1.29 is 26.2 Å². The van der Waals surface area contributed by atoms with Crippen LogP contribution < -0.4 is 27.4 Å². The van der Waals surface area contributed by atoms with Crippen LogP contribution in [-0.4, -0.2) is 58.6 Å². The van der Waals surface area contributed by atoms with Crippen LogP contribution in [0.3, 0.4) is 0 Å². The fourth-order valence-corrected chi connectivity index (χ4v) is 13.8. The zero-order chi connectivity index (χ0) is 36.4. The lowest BCUT2D eigenvalue weighted by molar-refractivity contribution is -0.0561. The molecule has 1 saturated heterocycles. The number of ether oxygens (including phenoxy) is 1. The average Bonchev–Trinajstić information content (AvgIpc) is 3.44. The fraction of sp³-hybridized carbons (Fsp3) is 0.486. The highest BCUT2D eigenvalue weighted by molar-refractivity contribution is 7.90. The van der Waals surface area contributed by atoms with E-state index in [4.69, 9.17) is 23.5 Å². The van der Waals surface area contributed by atoms with Crippen LogP contribution in [0.1, 0.15) is 53.3 Å². The third-order valence-corrected chi connectivity index (χ3v) is 20.8. The minimum Gasteiger partial charge on any atom is -0.406 e. The van der Waals surface area contributed by atoms with Gasteiger partial charge in [0, 0.05) is 18.8 Å². The summed E-state index contributed by atoms with van der Waals surface area (Å²) in [5.41, 5.74) is 3.88. The van der Waals surface area contributed by atoms with Gasteiger partial charge in [0.25, 0.3) is 24.0 Å². The zero-order valence-electron chi connectivity index (χ0n) is 30.0. The number of aromatic nitrogens is 2. The van der Waals surface area contributed by atoms with Crippen molar-refractivity contribution in [3.05, 3.63) is 104 Å². The van der Waals surface area contributed by atoms with Crippen molar-refractivity contribution in [2.75, 3.05) is 6.61 Å². The predicted molar refractivity (Wildman–Crippen MR) is 195 cm³/mol. The smallest absolute Gasteiger partial charge is 0.332 e. The Morgan fingerprint density at radius 2 is 1.45 bits per heavy atom. The van der Waals surface area contributed by atoms with Crippen molar-refractivity contribution in [3.8, 4) is 0 Å². The molecule has 0 aliphatic carbocycles. The van der Waals surface area contributed by atoms with E-state index in [0.717, 1.165) is 20.3 Å². The minimum atomic E-state index is -4.29. The summed E-state index contributed by atoms with van der Waals surface area (Å²) < 4.78 is 55.9. The topological polar surface area (TPSA) is 141 Å². The molecule has 266 valence electrons. The maximum absolute atomic E-state index is 13.7. The fourth-order valence-electron chi connectivity index (χ4n) is 6.70. The molecule has 3 heterocycles. The van der Waals surface area contributed by atoms with Crippen molar-refractivity contribution in [2.45, 2.75) is 95.7 Å². The summed E-state index contributed by atoms with van der Waals surface area (Å²) in [5.74, 6) is 0. The third-order valence-electron chi connectivity index (χ3n) is 10.3. The first kappa shape index (κ1) is 37.1. The van der Waals surface area contributed by atoms with Crippen LogP contribution in [0.2, 0.25) is 23.2 Å². The molecule has 3 aromatic rings. The van der Waals surface area contributed by atoms with Gasteiger partial charge in [-0.2, -0.15) is 8.42 Å². The lowest BCUT2D eigenvalue weighted by atomic mass is 9.89. The Kier molecular flexibility index (Phi) is 9.54. The first-order valence-corrected chi connectivity index (χ1v) is 22.7. The van der Waals surface area contributed by atoms with Crippen LogP contribution in [0.15, 0.2) is 87.6 Å². The van der Waals surface area contributed by atoms with Gasteiger partial charge >= 0.3 is 5.69 Å².